The number of nitrogens with one attached hydrogen (secondary N) is 1. The van der Waals surface area contributed by atoms with Crippen molar-refractivity contribution in [2.75, 3.05) is 65.5 Å². The fourth-order valence-corrected chi connectivity index (χ4v) is 23.6. The number of fused-ring (bicyclic) bond motifs is 9. The van der Waals surface area contributed by atoms with Gasteiger partial charge in [0.1, 0.15) is 18.0 Å². The average molecular weight is 1960 g/mol. The molecule has 1 atom stereocenters. The monoisotopic (exact) mass is 1960 g/mol. The Labute approximate surface area is 747 Å². The molecule has 696 valence electrons. The Morgan fingerprint density at radius 3 is 1.59 bits per heavy atom. The smallest absolute Gasteiger partial charge is 0.336 e. The molecule has 1 unspecified atom stereocenters. The minimum atomic E-state index is -5.20. The van der Waals surface area contributed by atoms with E-state index in [1.165, 1.54) is 40.1 Å². The standard InChI is InChI=1S/C83H94N6O31S9/c1-80(2)63-41-51(22-27-64(63)86(33-14-38-122(97,98)99)70(80)17-11-18-72-82(5,6)76-61(79(92)93)46-56(126(109,110)111)47-67(76)89(72)35-16-40-124(103,104)105)49-84-78(91)54-42-53-30-36-85(50-62(53)68(43-54)128(115,116)117)74(90)21-9-8-10-32-87-65-29-26-58-60(45-57(127(112,113)114)48-69(58)129(118,119)120)75(65)81(3,4)71(87)19-12-20-73-83(7,31-13-37-121(94,95)96)77-59-44-55(125(106,107)108)25-23-52(59)24-28-66(77)88(73)34-15-39-123(100,101)102/h11-12,17-20,22-29,41-48H,8-10,13-16,21,30-40,49-50H2,1-7H3,(H9-2,84,91,92,93,94,95,96,97,98,99,100,101,102,103,104,105,106,107,108,109,110,111,112,113,114,115,116,117,118,119,120)/p+2. The van der Waals surface area contributed by atoms with Gasteiger partial charge in [0, 0.05) is 138 Å². The SMILES string of the molecule is CC1(C)C(C=CC=C2N(CCCS(=O)(=O)O)c3cc(S(=O)(=O)O)cc(C(=O)O)c3C2(C)C)=[N+](CCCS(=O)(=O)O)c2ccc(CNC(=O)c3cc4c(c(S(=O)(=O)O)c3)CN(C(=O)CCCCC[N+]3=C(C=CC=C5N(CCCS(=O)(=O)O)c6ccc7ccc(S(=O)(=O)O)cc7c6C5(C)CCCS(=O)(=O)O)C(C)(C)c5c3ccc3c(S(=O)(=O)O)cc(S(=O)(=O)O)cc53)CC4)cc21. The zero-order valence-electron chi connectivity index (χ0n) is 70.5. The Balaban J connectivity index is 0.789. The van der Waals surface area contributed by atoms with Crippen molar-refractivity contribution < 1.29 is 145 Å². The molecule has 0 saturated carbocycles. The number of hydrogen-bond donors (Lipinski definition) is 11. The van der Waals surface area contributed by atoms with E-state index in [0.29, 0.717) is 97.4 Å². The summed E-state index contributed by atoms with van der Waals surface area (Å²) in [6, 6.07) is 21.2. The van der Waals surface area contributed by atoms with Crippen molar-refractivity contribution in [2.24, 2.45) is 0 Å². The Morgan fingerprint density at radius 1 is 0.465 bits per heavy atom. The zero-order chi connectivity index (χ0) is 95.2. The van der Waals surface area contributed by atoms with Crippen LogP contribution in [0.25, 0.3) is 21.5 Å². The van der Waals surface area contributed by atoms with Crippen molar-refractivity contribution in [2.45, 2.75) is 172 Å². The first-order chi connectivity index (χ1) is 59.4. The van der Waals surface area contributed by atoms with Crippen molar-refractivity contribution >= 4 is 165 Å². The Morgan fingerprint density at radius 2 is 1.00 bits per heavy atom. The molecule has 37 nitrogen and oxygen atoms in total. The second kappa shape index (κ2) is 35.6. The van der Waals surface area contributed by atoms with E-state index in [0.717, 1.165) is 24.3 Å². The molecule has 0 saturated heterocycles. The fourth-order valence-electron chi connectivity index (χ4n) is 18.5. The third kappa shape index (κ3) is 21.2. The molecule has 0 spiro atoms. The summed E-state index contributed by atoms with van der Waals surface area (Å²) in [5, 5.41) is 13.8. The number of hydrogen-bond acceptors (Lipinski definition) is 23. The molecule has 0 aromatic heterocycles. The van der Waals surface area contributed by atoms with Crippen molar-refractivity contribution in [1.82, 2.24) is 10.2 Å². The van der Waals surface area contributed by atoms with E-state index in [1.807, 2.05) is 18.4 Å². The first kappa shape index (κ1) is 98.6. The van der Waals surface area contributed by atoms with Crippen LogP contribution < -0.4 is 15.1 Å². The van der Waals surface area contributed by atoms with Gasteiger partial charge in [0.2, 0.25) is 17.3 Å². The van der Waals surface area contributed by atoms with Gasteiger partial charge in [0.25, 0.3) is 97.0 Å². The van der Waals surface area contributed by atoms with Crippen LogP contribution in [0.1, 0.15) is 166 Å². The number of nitrogens with zero attached hydrogens (tertiary/aromatic N) is 5. The van der Waals surface area contributed by atoms with E-state index in [2.05, 4.69) is 5.32 Å². The molecule has 5 aliphatic rings. The van der Waals surface area contributed by atoms with Crippen LogP contribution >= 0.6 is 0 Å². The van der Waals surface area contributed by atoms with Crippen LogP contribution in [0.3, 0.4) is 0 Å². The van der Waals surface area contributed by atoms with E-state index < -0.39 is 184 Å². The highest BCUT2D eigenvalue weighted by molar-refractivity contribution is 7.88. The number of aromatic carboxylic acids is 1. The average Bonchev–Trinajstić information content (AvgIpc) is 1.58. The molecule has 0 bridgehead atoms. The van der Waals surface area contributed by atoms with Gasteiger partial charge in [0.15, 0.2) is 11.4 Å². The lowest BCUT2D eigenvalue weighted by Gasteiger charge is -2.31. The van der Waals surface area contributed by atoms with Gasteiger partial charge >= 0.3 is 5.97 Å². The maximum atomic E-state index is 14.3. The van der Waals surface area contributed by atoms with Crippen LogP contribution in [0.15, 0.2) is 169 Å². The summed E-state index contributed by atoms with van der Waals surface area (Å²) in [5.41, 5.74) is 0.100. The van der Waals surface area contributed by atoms with Gasteiger partial charge in [0.05, 0.1) is 59.0 Å². The van der Waals surface area contributed by atoms with Gasteiger partial charge in [-0.15, -0.1) is 0 Å². The third-order valence-corrected chi connectivity index (χ3v) is 31.8. The molecule has 0 radical (unpaired) electrons. The molecule has 5 aliphatic heterocycles. The van der Waals surface area contributed by atoms with Gasteiger partial charge in [-0.1, -0.05) is 44.2 Å². The van der Waals surface area contributed by atoms with Crippen molar-refractivity contribution in [3.05, 3.63) is 195 Å². The Hall–Kier alpha value is -9.44. The summed E-state index contributed by atoms with van der Waals surface area (Å²) in [6.07, 6.45) is 9.81. The van der Waals surface area contributed by atoms with Crippen LogP contribution in [-0.4, -0.2) is 221 Å². The number of carboxylic acids is 1. The molecule has 2 amide bonds. The van der Waals surface area contributed by atoms with Gasteiger partial charge in [-0.3, -0.25) is 50.6 Å². The minimum Gasteiger partial charge on any atom is -0.478 e. The van der Waals surface area contributed by atoms with Crippen LogP contribution in [0.5, 0.6) is 0 Å². The molecule has 0 aliphatic carbocycles. The topological polar surface area (TPSA) is 589 Å². The first-order valence-electron chi connectivity index (χ1n) is 40.2. The number of rotatable bonds is 35. The minimum absolute atomic E-state index is 0.0152. The summed E-state index contributed by atoms with van der Waals surface area (Å²) in [6.45, 7) is 11.6. The van der Waals surface area contributed by atoms with E-state index >= 15 is 0 Å². The molecule has 12 rings (SSSR count). The zero-order valence-corrected chi connectivity index (χ0v) is 77.9. The van der Waals surface area contributed by atoms with Crippen LogP contribution in [-0.2, 0) is 137 Å². The van der Waals surface area contributed by atoms with E-state index in [1.54, 1.807) is 117 Å². The highest BCUT2D eigenvalue weighted by Crippen LogP contribution is 2.55. The fraction of sp³-hybridized carbons (Fsp3) is 0.386. The summed E-state index contributed by atoms with van der Waals surface area (Å²) < 4.78 is 321. The van der Waals surface area contributed by atoms with Crippen molar-refractivity contribution in [3.63, 3.8) is 0 Å². The van der Waals surface area contributed by atoms with Gasteiger partial charge in [-0.25, -0.2) is 4.79 Å². The molecular weight excluding hydrogens is 1870 g/mol. The summed E-state index contributed by atoms with van der Waals surface area (Å²) in [5.74, 6) is -5.52. The molecule has 5 heterocycles. The first-order valence-corrected chi connectivity index (χ1v) is 53.8. The molecule has 129 heavy (non-hydrogen) atoms. The lowest BCUT2D eigenvalue weighted by atomic mass is 9.75. The van der Waals surface area contributed by atoms with E-state index in [9.17, 15) is 136 Å². The number of carboxylic acid groups (broad SMARTS) is 1. The normalized spacial score (nSPS) is 18.4. The second-order valence-corrected chi connectivity index (χ2v) is 47.4. The van der Waals surface area contributed by atoms with Crippen molar-refractivity contribution in [1.29, 1.82) is 0 Å². The highest BCUT2D eigenvalue weighted by atomic mass is 32.3. The number of benzene rings is 7. The summed E-state index contributed by atoms with van der Waals surface area (Å²) >= 11 is 0. The van der Waals surface area contributed by atoms with E-state index in [-0.39, 0.29) is 130 Å². The largest absolute Gasteiger partial charge is 0.478 e. The number of unbranched alkanes of at least 4 members (excludes halogenated alkanes) is 2. The van der Waals surface area contributed by atoms with Crippen LogP contribution in [0.4, 0.5) is 22.7 Å². The maximum Gasteiger partial charge on any atom is 0.336 e. The molecule has 7 aromatic rings. The lowest BCUT2D eigenvalue weighted by molar-refractivity contribution is -0.438. The molecule has 0 fully saturated rings. The predicted octanol–water partition coefficient (Wildman–Crippen LogP) is 9.71. The molecule has 46 heteroatoms. The van der Waals surface area contributed by atoms with Crippen LogP contribution in [0, 0.1) is 0 Å². The maximum absolute atomic E-state index is 14.3. The predicted molar refractivity (Wildman–Crippen MR) is 476 cm³/mol. The molecular formula is C83H96N6O31S9+2. The number of carbonyl (C=O) groups excluding carboxylic acids is 2. The van der Waals surface area contributed by atoms with Gasteiger partial charge in [-0.05, 0) is 197 Å². The van der Waals surface area contributed by atoms with E-state index in [4.69, 9.17) is 0 Å². The molecule has 7 aromatic carbocycles. The van der Waals surface area contributed by atoms with Crippen LogP contribution in [0.2, 0.25) is 0 Å². The third-order valence-electron chi connectivity index (χ3n) is 24.2. The second-order valence-electron chi connectivity index (χ2n) is 34.1. The number of amides is 2. The lowest BCUT2D eigenvalue weighted by Crippen LogP contribution is -2.37. The quantitative estimate of drug-likeness (QED) is 0.00999. The Kier molecular flexibility index (Phi) is 27.2. The van der Waals surface area contributed by atoms with Gasteiger partial charge in [-0.2, -0.15) is 84.9 Å². The Bertz CT molecular complexity index is 7250. The van der Waals surface area contributed by atoms with Gasteiger partial charge < -0.3 is 25.1 Å². The van der Waals surface area contributed by atoms with Crippen molar-refractivity contribution in [3.8, 4) is 0 Å². The number of anilines is 2. The number of allylic oxidation sites excluding steroid dienone is 8. The highest BCUT2D eigenvalue weighted by Gasteiger charge is 2.50. The summed E-state index contributed by atoms with van der Waals surface area (Å²) in [4.78, 5) is 42.3. The number of carbonyl (C=O) groups is 3. The summed E-state index contributed by atoms with van der Waals surface area (Å²) in [7, 11) is -43.4. The molecule has 11 N–H and O–H groups in total.